The minimum absolute atomic E-state index is 0.175. The Morgan fingerprint density at radius 1 is 1.43 bits per heavy atom. The van der Waals surface area contributed by atoms with Gasteiger partial charge in [-0.3, -0.25) is 4.79 Å². The maximum Gasteiger partial charge on any atom is 0.310 e. The molecular weight excluding hydrogens is 284 g/mol. The van der Waals surface area contributed by atoms with Crippen LogP contribution in [0.3, 0.4) is 0 Å². The van der Waals surface area contributed by atoms with Crippen molar-refractivity contribution in [2.75, 3.05) is 11.9 Å². The number of benzene rings is 1. The summed E-state index contributed by atoms with van der Waals surface area (Å²) >= 11 is 1.66. The number of hydrogen-bond donors (Lipinski definition) is 1. The molecule has 0 bridgehead atoms. The molecule has 1 N–H and O–H groups in total. The van der Waals surface area contributed by atoms with Crippen LogP contribution in [-0.2, 0) is 16.0 Å². The van der Waals surface area contributed by atoms with Crippen LogP contribution >= 0.6 is 11.3 Å². The fourth-order valence-electron chi connectivity index (χ4n) is 2.76. The fraction of sp³-hybridized carbons (Fsp3) is 0.500. The van der Waals surface area contributed by atoms with Gasteiger partial charge in [0.25, 0.3) is 0 Å². The van der Waals surface area contributed by atoms with Gasteiger partial charge in [-0.2, -0.15) is 0 Å². The first kappa shape index (κ1) is 14.3. The van der Waals surface area contributed by atoms with E-state index in [0.29, 0.717) is 19.1 Å². The van der Waals surface area contributed by atoms with Gasteiger partial charge in [0.15, 0.2) is 5.13 Å². The molecule has 1 aliphatic rings. The van der Waals surface area contributed by atoms with E-state index in [-0.39, 0.29) is 5.97 Å². The second-order valence-electron chi connectivity index (χ2n) is 5.43. The summed E-state index contributed by atoms with van der Waals surface area (Å²) < 4.78 is 6.11. The smallest absolute Gasteiger partial charge is 0.310 e. The highest BCUT2D eigenvalue weighted by atomic mass is 32.1. The number of nitrogens with one attached hydrogen (secondary N) is 1. The number of thiazole rings is 1. The number of nitrogens with zero attached hydrogens (tertiary/aromatic N) is 1. The standard InChI is InChI=1S/C16H20N2O2S/c1-2-20-15(19)10-11-7-8-13-14(9-11)21-16(18-13)17-12-5-3-4-6-12/h7-9,12H,2-6,10H2,1H3,(H,17,18). The molecule has 1 saturated carbocycles. The monoisotopic (exact) mass is 304 g/mol. The number of hydrogen-bond acceptors (Lipinski definition) is 5. The van der Waals surface area contributed by atoms with Gasteiger partial charge in [0.05, 0.1) is 23.2 Å². The van der Waals surface area contributed by atoms with Crippen molar-refractivity contribution in [1.82, 2.24) is 4.98 Å². The largest absolute Gasteiger partial charge is 0.466 e. The van der Waals surface area contributed by atoms with Crippen molar-refractivity contribution in [2.45, 2.75) is 45.1 Å². The van der Waals surface area contributed by atoms with Crippen LogP contribution in [0.4, 0.5) is 5.13 Å². The van der Waals surface area contributed by atoms with E-state index in [1.165, 1.54) is 25.7 Å². The van der Waals surface area contributed by atoms with Gasteiger partial charge in [-0.15, -0.1) is 0 Å². The molecule has 1 fully saturated rings. The van der Waals surface area contributed by atoms with Gasteiger partial charge in [0.1, 0.15) is 0 Å². The van der Waals surface area contributed by atoms with E-state index in [9.17, 15) is 4.79 Å². The van der Waals surface area contributed by atoms with Crippen LogP contribution in [0.1, 0.15) is 38.2 Å². The summed E-state index contributed by atoms with van der Waals surface area (Å²) in [5, 5.41) is 4.52. The molecule has 0 spiro atoms. The number of carbonyl (C=O) groups excluding carboxylic acids is 1. The third kappa shape index (κ3) is 3.53. The Kier molecular flexibility index (Phi) is 4.39. The van der Waals surface area contributed by atoms with E-state index >= 15 is 0 Å². The summed E-state index contributed by atoms with van der Waals surface area (Å²) in [6.07, 6.45) is 5.43. The molecule has 0 amide bonds. The predicted octanol–water partition coefficient (Wildman–Crippen LogP) is 3.76. The normalized spacial score (nSPS) is 15.5. The molecular formula is C16H20N2O2S. The molecule has 5 heteroatoms. The highest BCUT2D eigenvalue weighted by Gasteiger charge is 2.16. The van der Waals surface area contributed by atoms with Crippen molar-refractivity contribution in [2.24, 2.45) is 0 Å². The maximum atomic E-state index is 11.5. The van der Waals surface area contributed by atoms with Crippen molar-refractivity contribution < 1.29 is 9.53 Å². The SMILES string of the molecule is CCOC(=O)Cc1ccc2nc(NC3CCCC3)sc2c1. The number of aromatic nitrogens is 1. The number of rotatable bonds is 5. The lowest BCUT2D eigenvalue weighted by Gasteiger charge is -2.09. The van der Waals surface area contributed by atoms with Crippen molar-refractivity contribution in [3.8, 4) is 0 Å². The molecule has 0 aliphatic heterocycles. The van der Waals surface area contributed by atoms with Crippen molar-refractivity contribution >= 4 is 32.7 Å². The van der Waals surface area contributed by atoms with Crippen molar-refractivity contribution in [1.29, 1.82) is 0 Å². The van der Waals surface area contributed by atoms with E-state index in [1.54, 1.807) is 11.3 Å². The maximum absolute atomic E-state index is 11.5. The van der Waals surface area contributed by atoms with Gasteiger partial charge in [0, 0.05) is 6.04 Å². The van der Waals surface area contributed by atoms with E-state index < -0.39 is 0 Å². The molecule has 0 saturated heterocycles. The van der Waals surface area contributed by atoms with Gasteiger partial charge in [0.2, 0.25) is 0 Å². The highest BCUT2D eigenvalue weighted by molar-refractivity contribution is 7.22. The average Bonchev–Trinajstić information content (AvgIpc) is 3.07. The zero-order chi connectivity index (χ0) is 14.7. The Hall–Kier alpha value is -1.62. The van der Waals surface area contributed by atoms with E-state index in [1.807, 2.05) is 25.1 Å². The van der Waals surface area contributed by atoms with Gasteiger partial charge >= 0.3 is 5.97 Å². The van der Waals surface area contributed by atoms with Crippen LogP contribution in [0.5, 0.6) is 0 Å². The summed E-state index contributed by atoms with van der Waals surface area (Å²) in [5.41, 5.74) is 1.98. The molecule has 21 heavy (non-hydrogen) atoms. The molecule has 2 aromatic rings. The van der Waals surface area contributed by atoms with Crippen LogP contribution in [0.2, 0.25) is 0 Å². The topological polar surface area (TPSA) is 51.2 Å². The first-order valence-corrected chi connectivity index (χ1v) is 8.38. The fourth-order valence-corrected chi connectivity index (χ4v) is 3.77. The van der Waals surface area contributed by atoms with Crippen LogP contribution in [0.15, 0.2) is 18.2 Å². The van der Waals surface area contributed by atoms with Gasteiger partial charge < -0.3 is 10.1 Å². The lowest BCUT2D eigenvalue weighted by Crippen LogP contribution is -2.13. The Labute approximate surface area is 128 Å². The number of carbonyl (C=O) groups is 1. The van der Waals surface area contributed by atoms with Crippen molar-refractivity contribution in [3.05, 3.63) is 23.8 Å². The highest BCUT2D eigenvalue weighted by Crippen LogP contribution is 2.30. The summed E-state index contributed by atoms with van der Waals surface area (Å²) in [6.45, 7) is 2.25. The van der Waals surface area contributed by atoms with Gasteiger partial charge in [-0.05, 0) is 37.5 Å². The van der Waals surface area contributed by atoms with Crippen molar-refractivity contribution in [3.63, 3.8) is 0 Å². The Bertz CT molecular complexity index is 632. The van der Waals surface area contributed by atoms with Gasteiger partial charge in [-0.25, -0.2) is 4.98 Å². The minimum atomic E-state index is -0.175. The molecule has 112 valence electrons. The Morgan fingerprint density at radius 2 is 2.24 bits per heavy atom. The average molecular weight is 304 g/mol. The summed E-state index contributed by atoms with van der Waals surface area (Å²) in [5.74, 6) is -0.175. The number of esters is 1. The molecule has 1 aromatic carbocycles. The minimum Gasteiger partial charge on any atom is -0.466 e. The second kappa shape index (κ2) is 6.43. The zero-order valence-electron chi connectivity index (χ0n) is 12.2. The number of anilines is 1. The van der Waals surface area contributed by atoms with E-state index in [2.05, 4.69) is 10.3 Å². The van der Waals surface area contributed by atoms with Crippen LogP contribution in [0.25, 0.3) is 10.2 Å². The molecule has 0 atom stereocenters. The molecule has 1 heterocycles. The molecule has 0 radical (unpaired) electrons. The molecule has 0 unspecified atom stereocenters. The first-order valence-electron chi connectivity index (χ1n) is 7.56. The molecule has 4 nitrogen and oxygen atoms in total. The number of ether oxygens (including phenoxy) is 1. The third-order valence-corrected chi connectivity index (χ3v) is 4.74. The molecule has 1 aliphatic carbocycles. The summed E-state index contributed by atoms with van der Waals surface area (Å²) in [7, 11) is 0. The van der Waals surface area contributed by atoms with Crippen LogP contribution in [0, 0.1) is 0 Å². The lowest BCUT2D eigenvalue weighted by molar-refractivity contribution is -0.142. The quantitative estimate of drug-likeness (QED) is 0.855. The summed E-state index contributed by atoms with van der Waals surface area (Å²) in [4.78, 5) is 16.2. The van der Waals surface area contributed by atoms with Crippen LogP contribution < -0.4 is 5.32 Å². The van der Waals surface area contributed by atoms with E-state index in [0.717, 1.165) is 20.9 Å². The zero-order valence-corrected chi connectivity index (χ0v) is 13.0. The number of fused-ring (bicyclic) bond motifs is 1. The second-order valence-corrected chi connectivity index (χ2v) is 6.46. The Morgan fingerprint density at radius 3 is 3.00 bits per heavy atom. The summed E-state index contributed by atoms with van der Waals surface area (Å²) in [6, 6.07) is 6.56. The first-order chi connectivity index (χ1) is 10.2. The predicted molar refractivity (Wildman–Crippen MR) is 85.8 cm³/mol. The lowest BCUT2D eigenvalue weighted by atomic mass is 10.1. The van der Waals surface area contributed by atoms with E-state index in [4.69, 9.17) is 4.74 Å². The van der Waals surface area contributed by atoms with Crippen LogP contribution in [-0.4, -0.2) is 23.6 Å². The third-order valence-electron chi connectivity index (χ3n) is 3.79. The van der Waals surface area contributed by atoms with Gasteiger partial charge in [-0.1, -0.05) is 30.2 Å². The molecule has 3 rings (SSSR count). The molecule has 1 aromatic heterocycles. The Balaban J connectivity index is 1.73.